The van der Waals surface area contributed by atoms with Crippen molar-refractivity contribution in [2.45, 2.75) is 12.8 Å². The molecule has 29 heavy (non-hydrogen) atoms. The van der Waals surface area contributed by atoms with E-state index in [1.807, 2.05) is 24.3 Å². The fourth-order valence-corrected chi connectivity index (χ4v) is 3.40. The number of methoxy groups -OCH3 is 1. The lowest BCUT2D eigenvalue weighted by atomic mass is 9.95. The summed E-state index contributed by atoms with van der Waals surface area (Å²) in [7, 11) is 3.41. The fourth-order valence-electron chi connectivity index (χ4n) is 3.40. The summed E-state index contributed by atoms with van der Waals surface area (Å²) in [4.78, 5) is 18.7. The molecule has 1 N–H and O–H groups in total. The van der Waals surface area contributed by atoms with E-state index < -0.39 is 0 Å². The molecule has 1 heterocycles. The number of anilines is 1. The van der Waals surface area contributed by atoms with Crippen LogP contribution in [0.1, 0.15) is 12.8 Å². The Morgan fingerprint density at radius 2 is 1.86 bits per heavy atom. The summed E-state index contributed by atoms with van der Waals surface area (Å²) in [6, 6.07) is 13.4. The van der Waals surface area contributed by atoms with E-state index in [4.69, 9.17) is 9.47 Å². The van der Waals surface area contributed by atoms with Crippen LogP contribution in [-0.4, -0.2) is 50.5 Å². The van der Waals surface area contributed by atoms with Gasteiger partial charge in [-0.15, -0.1) is 0 Å². The number of hydrogen-bond donors (Lipinski definition) is 1. The highest BCUT2D eigenvalue weighted by molar-refractivity contribution is 5.98. The SMILES string of the molecule is CN=C(Nc1ccccc1OC)C1CCN(C(=O)COc2ccc(F)cc2)CC1. The van der Waals surface area contributed by atoms with Crippen LogP contribution in [0, 0.1) is 11.7 Å². The van der Waals surface area contributed by atoms with Gasteiger partial charge < -0.3 is 19.7 Å². The lowest BCUT2D eigenvalue weighted by Gasteiger charge is -2.32. The standard InChI is InChI=1S/C22H26FN3O3/c1-24-22(25-19-5-3-4-6-20(19)28-2)16-11-13-26(14-12-16)21(27)15-29-18-9-7-17(23)8-10-18/h3-10,16H,11-15H2,1-2H3,(H,24,25). The van der Waals surface area contributed by atoms with Crippen LogP contribution in [0.2, 0.25) is 0 Å². The minimum atomic E-state index is -0.333. The van der Waals surface area contributed by atoms with Crippen LogP contribution in [0.25, 0.3) is 0 Å². The third-order valence-corrected chi connectivity index (χ3v) is 5.02. The van der Waals surface area contributed by atoms with Gasteiger partial charge in [0.1, 0.15) is 23.2 Å². The summed E-state index contributed by atoms with van der Waals surface area (Å²) in [6.45, 7) is 1.23. The van der Waals surface area contributed by atoms with Crippen LogP contribution in [0.15, 0.2) is 53.5 Å². The van der Waals surface area contributed by atoms with Gasteiger partial charge in [0.2, 0.25) is 0 Å². The molecule has 2 aromatic rings. The van der Waals surface area contributed by atoms with Crippen LogP contribution in [0.4, 0.5) is 10.1 Å². The topological polar surface area (TPSA) is 63.2 Å². The molecule has 0 radical (unpaired) electrons. The predicted octanol–water partition coefficient (Wildman–Crippen LogP) is 3.59. The second-order valence-electron chi connectivity index (χ2n) is 6.83. The molecule has 0 bridgehead atoms. The molecule has 1 fully saturated rings. The molecule has 0 unspecified atom stereocenters. The van der Waals surface area contributed by atoms with E-state index in [1.165, 1.54) is 24.3 Å². The van der Waals surface area contributed by atoms with Crippen LogP contribution >= 0.6 is 0 Å². The number of nitrogens with zero attached hydrogens (tertiary/aromatic N) is 2. The van der Waals surface area contributed by atoms with Crippen LogP contribution in [0.5, 0.6) is 11.5 Å². The van der Waals surface area contributed by atoms with E-state index in [-0.39, 0.29) is 24.2 Å². The molecule has 1 saturated heterocycles. The molecule has 2 aromatic carbocycles. The summed E-state index contributed by atoms with van der Waals surface area (Å²) < 4.78 is 23.8. The molecular weight excluding hydrogens is 373 g/mol. The van der Waals surface area contributed by atoms with Gasteiger partial charge in [-0.3, -0.25) is 9.79 Å². The van der Waals surface area contributed by atoms with Gasteiger partial charge in [0.15, 0.2) is 6.61 Å². The van der Waals surface area contributed by atoms with Crippen molar-refractivity contribution in [3.63, 3.8) is 0 Å². The molecule has 6 nitrogen and oxygen atoms in total. The number of benzene rings is 2. The number of likely N-dealkylation sites (tertiary alicyclic amines) is 1. The second-order valence-corrected chi connectivity index (χ2v) is 6.83. The minimum absolute atomic E-state index is 0.0511. The maximum atomic E-state index is 12.9. The average molecular weight is 399 g/mol. The normalized spacial score (nSPS) is 15.1. The van der Waals surface area contributed by atoms with E-state index in [9.17, 15) is 9.18 Å². The third-order valence-electron chi connectivity index (χ3n) is 5.02. The number of carbonyl (C=O) groups excluding carboxylic acids is 1. The van der Waals surface area contributed by atoms with Crippen molar-refractivity contribution in [3.05, 3.63) is 54.3 Å². The van der Waals surface area contributed by atoms with Crippen molar-refractivity contribution < 1.29 is 18.7 Å². The monoisotopic (exact) mass is 399 g/mol. The Morgan fingerprint density at radius 1 is 1.17 bits per heavy atom. The largest absolute Gasteiger partial charge is 0.495 e. The molecule has 7 heteroatoms. The number of nitrogens with one attached hydrogen (secondary N) is 1. The van der Waals surface area contributed by atoms with E-state index in [0.29, 0.717) is 18.8 Å². The first-order valence-electron chi connectivity index (χ1n) is 9.63. The van der Waals surface area contributed by atoms with E-state index >= 15 is 0 Å². The van der Waals surface area contributed by atoms with Gasteiger partial charge in [-0.05, 0) is 49.2 Å². The van der Waals surface area contributed by atoms with Gasteiger partial charge >= 0.3 is 0 Å². The van der Waals surface area contributed by atoms with Crippen molar-refractivity contribution in [2.75, 3.05) is 39.2 Å². The quantitative estimate of drug-likeness (QED) is 0.596. The smallest absolute Gasteiger partial charge is 0.260 e. The Labute approximate surface area is 170 Å². The zero-order chi connectivity index (χ0) is 20.6. The van der Waals surface area contributed by atoms with E-state index in [0.717, 1.165) is 30.1 Å². The number of ether oxygens (including phenoxy) is 2. The van der Waals surface area contributed by atoms with Gasteiger partial charge in [-0.2, -0.15) is 0 Å². The van der Waals surface area contributed by atoms with E-state index in [2.05, 4.69) is 10.3 Å². The Kier molecular flexibility index (Phi) is 7.05. The molecule has 1 amide bonds. The first-order valence-corrected chi connectivity index (χ1v) is 9.63. The zero-order valence-electron chi connectivity index (χ0n) is 16.7. The summed E-state index contributed by atoms with van der Waals surface area (Å²) in [5, 5.41) is 3.38. The van der Waals surface area contributed by atoms with E-state index in [1.54, 1.807) is 19.1 Å². The number of para-hydroxylation sites is 2. The zero-order valence-corrected chi connectivity index (χ0v) is 16.7. The molecule has 0 saturated carbocycles. The van der Waals surface area contributed by atoms with Crippen LogP contribution in [0.3, 0.4) is 0 Å². The van der Waals surface area contributed by atoms with Crippen LogP contribution in [-0.2, 0) is 4.79 Å². The Morgan fingerprint density at radius 3 is 2.52 bits per heavy atom. The van der Waals surface area contributed by atoms with Gasteiger partial charge in [0.05, 0.1) is 12.8 Å². The Hall–Kier alpha value is -3.09. The molecule has 0 aliphatic carbocycles. The maximum absolute atomic E-state index is 12.9. The summed E-state index contributed by atoms with van der Waals surface area (Å²) in [5.41, 5.74) is 0.877. The minimum Gasteiger partial charge on any atom is -0.495 e. The number of hydrogen-bond acceptors (Lipinski definition) is 4. The lowest BCUT2D eigenvalue weighted by Crippen LogP contribution is -2.43. The van der Waals surface area contributed by atoms with Gasteiger partial charge in [0.25, 0.3) is 5.91 Å². The Balaban J connectivity index is 1.50. The number of carbonyl (C=O) groups is 1. The fraction of sp³-hybridized carbons (Fsp3) is 0.364. The average Bonchev–Trinajstić information content (AvgIpc) is 2.77. The molecule has 0 aromatic heterocycles. The summed E-state index contributed by atoms with van der Waals surface area (Å²) >= 11 is 0. The van der Waals surface area contributed by atoms with Gasteiger partial charge in [-0.1, -0.05) is 12.1 Å². The highest BCUT2D eigenvalue weighted by atomic mass is 19.1. The number of amides is 1. The third kappa shape index (κ3) is 5.47. The number of rotatable bonds is 6. The van der Waals surface area contributed by atoms with Crippen molar-refractivity contribution >= 4 is 17.4 Å². The Bertz CT molecular complexity index is 847. The van der Waals surface area contributed by atoms with Crippen LogP contribution < -0.4 is 14.8 Å². The summed E-state index contributed by atoms with van der Waals surface area (Å²) in [5.74, 6) is 1.98. The molecule has 0 spiro atoms. The van der Waals surface area contributed by atoms with Crippen molar-refractivity contribution in [3.8, 4) is 11.5 Å². The molecule has 0 atom stereocenters. The molecule has 154 valence electrons. The van der Waals surface area contributed by atoms with Crippen molar-refractivity contribution in [1.29, 1.82) is 0 Å². The maximum Gasteiger partial charge on any atom is 0.260 e. The first kappa shape index (κ1) is 20.6. The molecule has 3 rings (SSSR count). The highest BCUT2D eigenvalue weighted by Crippen LogP contribution is 2.26. The molecule has 1 aliphatic rings. The number of piperidine rings is 1. The molecule has 1 aliphatic heterocycles. The lowest BCUT2D eigenvalue weighted by molar-refractivity contribution is -0.134. The first-order chi connectivity index (χ1) is 14.1. The second kappa shape index (κ2) is 9.91. The predicted molar refractivity (Wildman–Crippen MR) is 111 cm³/mol. The highest BCUT2D eigenvalue weighted by Gasteiger charge is 2.26. The number of amidine groups is 1. The van der Waals surface area contributed by atoms with Crippen molar-refractivity contribution in [2.24, 2.45) is 10.9 Å². The number of halogens is 1. The summed E-state index contributed by atoms with van der Waals surface area (Å²) in [6.07, 6.45) is 1.63. The van der Waals surface area contributed by atoms with Crippen molar-refractivity contribution in [1.82, 2.24) is 4.90 Å². The van der Waals surface area contributed by atoms with Gasteiger partial charge in [-0.25, -0.2) is 4.39 Å². The molecular formula is C22H26FN3O3. The van der Waals surface area contributed by atoms with Gasteiger partial charge in [0, 0.05) is 26.1 Å². The number of aliphatic imine (C=N–C) groups is 1.